The summed E-state index contributed by atoms with van der Waals surface area (Å²) in [6.07, 6.45) is 3.76. The van der Waals surface area contributed by atoms with E-state index >= 15 is 0 Å². The Morgan fingerprint density at radius 2 is 0.900 bits per heavy atom. The quantitative estimate of drug-likeness (QED) is 0.248. The molecule has 0 spiro atoms. The van der Waals surface area contributed by atoms with Crippen LogP contribution in [0, 0.1) is 55.7 Å². The van der Waals surface area contributed by atoms with Crippen molar-refractivity contribution in [1.82, 2.24) is 0 Å². The van der Waals surface area contributed by atoms with Crippen molar-refractivity contribution >= 4 is 11.6 Å². The molecule has 0 heterocycles. The summed E-state index contributed by atoms with van der Waals surface area (Å²) in [5.74, 6) is 0.670. The Balaban J connectivity index is 0.000000378. The molecule has 0 aromatic rings. The molecule has 0 saturated heterocycles. The highest BCUT2D eigenvalue weighted by atomic mass is 16.5. The van der Waals surface area contributed by atoms with Gasteiger partial charge in [0.1, 0.15) is 11.6 Å². The van der Waals surface area contributed by atoms with Crippen molar-refractivity contribution in [1.29, 1.82) is 0 Å². The number of ketones is 2. The normalized spacial score (nSPS) is 28.6. The van der Waals surface area contributed by atoms with Gasteiger partial charge in [0.15, 0.2) is 0 Å². The fourth-order valence-electron chi connectivity index (χ4n) is 10.4. The second-order valence-electron chi connectivity index (χ2n) is 20.1. The minimum absolute atomic E-state index is 0.0591. The predicted molar refractivity (Wildman–Crippen MR) is 215 cm³/mol. The van der Waals surface area contributed by atoms with Crippen LogP contribution in [0.1, 0.15) is 165 Å². The third-order valence-corrected chi connectivity index (χ3v) is 15.5. The monoisotopic (exact) mass is 699 g/mol. The number of methoxy groups -OCH3 is 2. The molecular weight excluding hydrogens is 617 g/mol. The Bertz CT molecular complexity index is 1290. The van der Waals surface area contributed by atoms with Crippen molar-refractivity contribution in [3.63, 3.8) is 0 Å². The first-order chi connectivity index (χ1) is 22.3. The summed E-state index contributed by atoms with van der Waals surface area (Å²) in [7, 11) is 3.59. The van der Waals surface area contributed by atoms with Gasteiger partial charge in [0.05, 0.1) is 13.2 Å². The number of ether oxygens (including phenoxy) is 2. The molecule has 3 atom stereocenters. The molecule has 3 rings (SSSR count). The van der Waals surface area contributed by atoms with Crippen LogP contribution in [0.3, 0.4) is 0 Å². The number of hydrogen-bond acceptors (Lipinski definition) is 4. The Labute approximate surface area is 311 Å². The molecule has 3 aliphatic rings. The maximum Gasteiger partial charge on any atom is 0.134 e. The van der Waals surface area contributed by atoms with Gasteiger partial charge in [0.25, 0.3) is 0 Å². The molecule has 0 bridgehead atoms. The molecule has 0 saturated carbocycles. The van der Waals surface area contributed by atoms with E-state index in [0.717, 1.165) is 25.6 Å². The van der Waals surface area contributed by atoms with Crippen molar-refractivity contribution in [3.8, 4) is 0 Å². The van der Waals surface area contributed by atoms with Crippen LogP contribution in [0.15, 0.2) is 33.4 Å². The first kappa shape index (κ1) is 46.5. The van der Waals surface area contributed by atoms with E-state index in [4.69, 9.17) is 9.47 Å². The Morgan fingerprint density at radius 1 is 0.560 bits per heavy atom. The maximum atomic E-state index is 12.1. The number of rotatable bonds is 7. The number of carbonyl (C=O) groups excluding carboxylic acids is 2. The predicted octanol–water partition coefficient (Wildman–Crippen LogP) is 12.7. The van der Waals surface area contributed by atoms with Crippen LogP contribution in [0.4, 0.5) is 0 Å². The van der Waals surface area contributed by atoms with Gasteiger partial charge in [0, 0.05) is 31.5 Å². The standard InChI is InChI=1S/C16H30O2.C16H26O2.C14H26/c1-12-13(2)15(5,6)16(10-17-7,11-18-8)9-14(12,3)4;1-9-10(2)16(7,8)14(12(4)18)13(11(3)17)15(9,5)6;1-8-12-9-13(4,5)10(2)11(3)14(12,6)7/h9-11H2,1-8H3;13-14H,1-8H3;12H,8-9H2,1-7H3. The first-order valence-electron chi connectivity index (χ1n) is 19.4. The fourth-order valence-corrected chi connectivity index (χ4v) is 10.4. The van der Waals surface area contributed by atoms with E-state index in [1.54, 1.807) is 39.2 Å². The molecule has 0 aromatic carbocycles. The topological polar surface area (TPSA) is 52.6 Å². The largest absolute Gasteiger partial charge is 0.384 e. The van der Waals surface area contributed by atoms with Crippen LogP contribution in [0.5, 0.6) is 0 Å². The van der Waals surface area contributed by atoms with Crippen molar-refractivity contribution in [2.45, 2.75) is 165 Å². The number of allylic oxidation sites excluding steroid dienone is 6. The lowest BCUT2D eigenvalue weighted by atomic mass is 9.50. The van der Waals surface area contributed by atoms with Crippen LogP contribution in [-0.2, 0) is 19.1 Å². The van der Waals surface area contributed by atoms with Crippen molar-refractivity contribution in [2.24, 2.45) is 55.7 Å². The number of hydrogen-bond donors (Lipinski definition) is 0. The lowest BCUT2D eigenvalue weighted by Gasteiger charge is -2.55. The number of Topliss-reactive ketones (excluding diaryl/α,β-unsaturated/α-hetero) is 2. The van der Waals surface area contributed by atoms with Gasteiger partial charge in [-0.05, 0) is 107 Å². The lowest BCUT2D eigenvalue weighted by molar-refractivity contribution is -0.139. The highest BCUT2D eigenvalue weighted by molar-refractivity contribution is 5.90. The highest BCUT2D eigenvalue weighted by Crippen LogP contribution is 2.59. The third-order valence-electron chi connectivity index (χ3n) is 15.5. The number of carbonyl (C=O) groups is 2. The van der Waals surface area contributed by atoms with Crippen molar-refractivity contribution in [2.75, 3.05) is 27.4 Å². The summed E-state index contributed by atoms with van der Waals surface area (Å²) >= 11 is 0. The Morgan fingerprint density at radius 3 is 1.22 bits per heavy atom. The molecule has 0 aliphatic heterocycles. The highest BCUT2D eigenvalue weighted by Gasteiger charge is 2.54. The molecule has 0 aromatic heterocycles. The summed E-state index contributed by atoms with van der Waals surface area (Å²) < 4.78 is 11.1. The zero-order chi connectivity index (χ0) is 39.8. The smallest absolute Gasteiger partial charge is 0.134 e. The van der Waals surface area contributed by atoms with Crippen LogP contribution in [0.2, 0.25) is 0 Å². The fraction of sp³-hybridized carbons (Fsp3) is 0.826. The van der Waals surface area contributed by atoms with E-state index < -0.39 is 0 Å². The van der Waals surface area contributed by atoms with Gasteiger partial charge in [-0.2, -0.15) is 0 Å². The molecule has 4 heteroatoms. The van der Waals surface area contributed by atoms with E-state index in [2.05, 4.69) is 132 Å². The van der Waals surface area contributed by atoms with Gasteiger partial charge in [-0.3, -0.25) is 9.59 Å². The summed E-state index contributed by atoms with van der Waals surface area (Å²) in [6, 6.07) is 0. The van der Waals surface area contributed by atoms with E-state index in [1.807, 2.05) is 0 Å². The van der Waals surface area contributed by atoms with Crippen LogP contribution >= 0.6 is 0 Å². The van der Waals surface area contributed by atoms with Crippen LogP contribution in [0.25, 0.3) is 0 Å². The average Bonchev–Trinajstić information content (AvgIpc) is 2.98. The van der Waals surface area contributed by atoms with Gasteiger partial charge in [0.2, 0.25) is 0 Å². The molecule has 0 amide bonds. The van der Waals surface area contributed by atoms with Crippen LogP contribution < -0.4 is 0 Å². The van der Waals surface area contributed by atoms with Gasteiger partial charge in [-0.25, -0.2) is 0 Å². The minimum Gasteiger partial charge on any atom is -0.384 e. The third kappa shape index (κ3) is 8.48. The van der Waals surface area contributed by atoms with E-state index in [9.17, 15) is 9.59 Å². The molecular formula is C46H82O4. The molecule has 290 valence electrons. The molecule has 0 radical (unpaired) electrons. The van der Waals surface area contributed by atoms with Crippen LogP contribution in [-0.4, -0.2) is 39.0 Å². The molecule has 3 unspecified atom stereocenters. The summed E-state index contributed by atoms with van der Waals surface area (Å²) in [4.78, 5) is 24.2. The van der Waals surface area contributed by atoms with Gasteiger partial charge < -0.3 is 9.47 Å². The van der Waals surface area contributed by atoms with Crippen molar-refractivity contribution < 1.29 is 19.1 Å². The second-order valence-corrected chi connectivity index (χ2v) is 20.1. The van der Waals surface area contributed by atoms with Gasteiger partial charge >= 0.3 is 0 Å². The Hall–Kier alpha value is -1.52. The zero-order valence-corrected chi connectivity index (χ0v) is 37.4. The molecule has 4 nitrogen and oxygen atoms in total. The SMILES string of the molecule is CC(=O)C1C(C(C)=O)C(C)(C)C(C)=C(C)C1(C)C.CCC1CC(C)(C)C(C)=C(C)C1(C)C.COCC1(COC)CC(C)(C)C(C)=C(C)C1(C)C. The molecule has 0 fully saturated rings. The van der Waals surface area contributed by atoms with E-state index in [-0.39, 0.29) is 50.5 Å². The molecule has 0 N–H and O–H groups in total. The van der Waals surface area contributed by atoms with Crippen molar-refractivity contribution in [3.05, 3.63) is 33.4 Å². The molecule has 50 heavy (non-hydrogen) atoms. The first-order valence-corrected chi connectivity index (χ1v) is 19.4. The summed E-state index contributed by atoms with van der Waals surface area (Å²) in [6.45, 7) is 47.8. The summed E-state index contributed by atoms with van der Waals surface area (Å²) in [5, 5.41) is 0. The van der Waals surface area contributed by atoms with Gasteiger partial charge in [-0.15, -0.1) is 0 Å². The Kier molecular flexibility index (Phi) is 14.7. The van der Waals surface area contributed by atoms with E-state index in [0.29, 0.717) is 10.8 Å². The van der Waals surface area contributed by atoms with Gasteiger partial charge in [-0.1, -0.05) is 130 Å². The van der Waals surface area contributed by atoms with E-state index in [1.165, 1.54) is 35.1 Å². The minimum atomic E-state index is -0.234. The average molecular weight is 699 g/mol. The summed E-state index contributed by atoms with van der Waals surface area (Å²) in [5.41, 5.74) is 9.52. The molecule has 3 aliphatic carbocycles. The second kappa shape index (κ2) is 15.8. The lowest BCUT2D eigenvalue weighted by Crippen LogP contribution is -2.52. The maximum absolute atomic E-state index is 12.1. The zero-order valence-electron chi connectivity index (χ0n) is 37.4.